The quantitative estimate of drug-likeness (QED) is 0.0172. The van der Waals surface area contributed by atoms with E-state index in [1.165, 1.54) is 18.2 Å². The topological polar surface area (TPSA) is 280 Å². The van der Waals surface area contributed by atoms with E-state index < -0.39 is 21.2 Å². The van der Waals surface area contributed by atoms with Crippen LogP contribution in [-0.4, -0.2) is 179 Å². The number of nitro groups is 2. The van der Waals surface area contributed by atoms with Gasteiger partial charge in [-0.25, -0.2) is 0 Å². The van der Waals surface area contributed by atoms with Gasteiger partial charge >= 0.3 is 0 Å². The molecule has 1 aliphatic rings. The highest BCUT2D eigenvalue weighted by Crippen LogP contribution is 2.35. The van der Waals surface area contributed by atoms with Crippen LogP contribution in [0.4, 0.5) is 17.1 Å². The van der Waals surface area contributed by atoms with E-state index in [0.29, 0.717) is 134 Å². The van der Waals surface area contributed by atoms with Crippen LogP contribution in [0.5, 0.6) is 11.5 Å². The van der Waals surface area contributed by atoms with Crippen LogP contribution < -0.4 is 19.5 Å². The Morgan fingerprint density at radius 3 is 1.97 bits per heavy atom. The molecule has 3 heterocycles. The first-order valence-corrected chi connectivity index (χ1v) is 23.8. The fourth-order valence-corrected chi connectivity index (χ4v) is 7.68. The molecule has 0 spiro atoms. The van der Waals surface area contributed by atoms with Crippen LogP contribution in [0.3, 0.4) is 0 Å². The van der Waals surface area contributed by atoms with Crippen molar-refractivity contribution in [1.82, 2.24) is 25.1 Å². The van der Waals surface area contributed by atoms with E-state index in [1.807, 2.05) is 12.1 Å². The minimum Gasteiger partial charge on any atom is -0.496 e. The van der Waals surface area contributed by atoms with Crippen LogP contribution in [0.25, 0.3) is 10.9 Å². The molecule has 72 heavy (non-hydrogen) atoms. The maximum absolute atomic E-state index is 13.5. The van der Waals surface area contributed by atoms with E-state index in [9.17, 15) is 29.8 Å². The number of fused-ring (bicyclic) bond motifs is 1. The molecule has 1 aliphatic heterocycles. The standard InChI is InChI=1S/C46H58BrN9O16/c1-63-41-9-8-38(47)43-42(41)37(29-49-43)46(58)53-13-11-52(12-14-53)45(57)34-4-2-5-36(28-34)72-27-26-68-25-24-67-23-22-66-21-20-65-19-18-64-17-15-54-30-35(50-51-54)31-70-33-71-32-69-16-10-48-44-39(55(59)60)6-3-7-40(44)56(61)62/h2-9,28-30,48H,10-27,31-33H2,1H3,(H,49,58)/p+1. The molecule has 5 aromatic rings. The van der Waals surface area contributed by atoms with Gasteiger partial charge in [0.1, 0.15) is 44.8 Å². The maximum Gasteiger partial charge on any atom is 0.299 e. The Kier molecular flexibility index (Phi) is 22.8. The summed E-state index contributed by atoms with van der Waals surface area (Å²) in [6.45, 7) is 6.72. The van der Waals surface area contributed by atoms with Crippen molar-refractivity contribution in [2.75, 3.05) is 138 Å². The number of nitrogens with zero attached hydrogens (tertiary/aromatic N) is 6. The number of para-hydroxylation sites is 1. The van der Waals surface area contributed by atoms with Gasteiger partial charge in [-0.05, 0) is 52.3 Å². The average Bonchev–Trinajstić information content (AvgIpc) is 4.06. The molecule has 0 unspecified atom stereocenters. The molecular formula is C46H59BrN9O16+. The fourth-order valence-electron chi connectivity index (χ4n) is 7.24. The number of ether oxygens (including phenoxy) is 10. The number of hydrogen-bond donors (Lipinski definition) is 3. The van der Waals surface area contributed by atoms with Gasteiger partial charge in [-0.2, -0.15) is 4.68 Å². The molecule has 0 radical (unpaired) electrons. The predicted octanol–water partition coefficient (Wildman–Crippen LogP) is 4.10. The van der Waals surface area contributed by atoms with Crippen LogP contribution in [-0.2, 0) is 51.0 Å². The summed E-state index contributed by atoms with van der Waals surface area (Å²) in [4.78, 5) is 54.6. The number of benzene rings is 3. The monoisotopic (exact) mass is 1070 g/mol. The largest absolute Gasteiger partial charge is 0.496 e. The van der Waals surface area contributed by atoms with E-state index >= 15 is 0 Å². The number of carbonyl (C=O) groups is 2. The highest BCUT2D eigenvalue weighted by Gasteiger charge is 2.29. The number of aromatic amines is 2. The van der Waals surface area contributed by atoms with Crippen LogP contribution in [0.2, 0.25) is 0 Å². The normalized spacial score (nSPS) is 12.6. The van der Waals surface area contributed by atoms with Crippen molar-refractivity contribution in [2.45, 2.75) is 13.2 Å². The van der Waals surface area contributed by atoms with E-state index in [-0.39, 0.29) is 50.8 Å². The number of nitro benzene ring substituents is 2. The van der Waals surface area contributed by atoms with Crippen LogP contribution in [0, 0.1) is 20.2 Å². The zero-order chi connectivity index (χ0) is 50.9. The number of halogens is 1. The third-order valence-electron chi connectivity index (χ3n) is 10.8. The molecule has 6 rings (SSSR count). The second-order valence-electron chi connectivity index (χ2n) is 15.6. The Bertz CT molecular complexity index is 2470. The highest BCUT2D eigenvalue weighted by molar-refractivity contribution is 9.10. The summed E-state index contributed by atoms with van der Waals surface area (Å²) in [6, 6.07) is 14.4. The first-order valence-electron chi connectivity index (χ1n) is 23.0. The molecule has 25 nitrogen and oxygen atoms in total. The minimum atomic E-state index is -0.693. The van der Waals surface area contributed by atoms with Crippen molar-refractivity contribution in [2.24, 2.45) is 0 Å². The van der Waals surface area contributed by atoms with Gasteiger partial charge in [0.05, 0.1) is 106 Å². The van der Waals surface area contributed by atoms with Crippen molar-refractivity contribution in [3.05, 3.63) is 109 Å². The van der Waals surface area contributed by atoms with E-state index in [0.717, 1.165) is 15.4 Å². The molecule has 2 amide bonds. The Hall–Kier alpha value is -6.36. The van der Waals surface area contributed by atoms with Gasteiger partial charge in [-0.15, -0.1) is 0 Å². The lowest BCUT2D eigenvalue weighted by molar-refractivity contribution is -0.754. The summed E-state index contributed by atoms with van der Waals surface area (Å²) in [5.74, 6) is 0.935. The molecule has 26 heteroatoms. The molecule has 1 fully saturated rings. The van der Waals surface area contributed by atoms with E-state index in [1.54, 1.807) is 58.3 Å². The van der Waals surface area contributed by atoms with Crippen molar-refractivity contribution < 1.29 is 71.5 Å². The molecule has 390 valence electrons. The molecular weight excluding hydrogens is 1010 g/mol. The lowest BCUT2D eigenvalue weighted by Gasteiger charge is -2.34. The van der Waals surface area contributed by atoms with Gasteiger partial charge in [0.25, 0.3) is 23.2 Å². The zero-order valence-corrected chi connectivity index (χ0v) is 41.4. The van der Waals surface area contributed by atoms with Gasteiger partial charge in [0.2, 0.25) is 5.69 Å². The number of hydrogen-bond acceptors (Lipinski definition) is 18. The first kappa shape index (κ1) is 55.0. The minimum absolute atomic E-state index is 0.0731. The molecule has 0 bridgehead atoms. The molecule has 1 saturated heterocycles. The number of methoxy groups -OCH3 is 1. The van der Waals surface area contributed by atoms with Gasteiger partial charge < -0.3 is 67.5 Å². The van der Waals surface area contributed by atoms with Crippen molar-refractivity contribution in [1.29, 1.82) is 0 Å². The lowest BCUT2D eigenvalue weighted by Crippen LogP contribution is -2.50. The van der Waals surface area contributed by atoms with Crippen LogP contribution in [0.1, 0.15) is 26.4 Å². The summed E-state index contributed by atoms with van der Waals surface area (Å²) in [5.41, 5.74) is 1.49. The van der Waals surface area contributed by atoms with Gasteiger partial charge in [-0.1, -0.05) is 11.3 Å². The Morgan fingerprint density at radius 2 is 1.33 bits per heavy atom. The molecule has 0 aliphatic carbocycles. The molecule has 0 saturated carbocycles. The third-order valence-corrected chi connectivity index (χ3v) is 11.4. The summed E-state index contributed by atoms with van der Waals surface area (Å²) >= 11 is 3.53. The Balaban J connectivity index is 0.691. The summed E-state index contributed by atoms with van der Waals surface area (Å²) in [5, 5.41) is 32.9. The highest BCUT2D eigenvalue weighted by atomic mass is 79.9. The van der Waals surface area contributed by atoms with Crippen molar-refractivity contribution in [3.63, 3.8) is 0 Å². The second kappa shape index (κ2) is 29.9. The van der Waals surface area contributed by atoms with Crippen LogP contribution in [0.15, 0.2) is 71.5 Å². The van der Waals surface area contributed by atoms with Crippen molar-refractivity contribution >= 4 is 55.7 Å². The number of anilines is 1. The number of aromatic nitrogens is 4. The summed E-state index contributed by atoms with van der Waals surface area (Å²) in [7, 11) is 1.58. The molecule has 3 N–H and O–H groups in total. The first-order chi connectivity index (χ1) is 35.1. The average molecular weight is 1070 g/mol. The van der Waals surface area contributed by atoms with Gasteiger partial charge in [-0.3, -0.25) is 29.8 Å². The van der Waals surface area contributed by atoms with E-state index in [4.69, 9.17) is 47.4 Å². The Labute approximate surface area is 422 Å². The van der Waals surface area contributed by atoms with Crippen LogP contribution >= 0.6 is 15.9 Å². The van der Waals surface area contributed by atoms with E-state index in [2.05, 4.69) is 36.5 Å². The summed E-state index contributed by atoms with van der Waals surface area (Å²) in [6.07, 6.45) is 3.48. The number of carbonyl (C=O) groups excluding carboxylic acids is 2. The zero-order valence-electron chi connectivity index (χ0n) is 39.8. The maximum atomic E-state index is 13.5. The number of nitrogens with one attached hydrogen (secondary N) is 3. The number of amides is 2. The molecule has 2 aromatic heterocycles. The molecule has 0 atom stereocenters. The fraction of sp³-hybridized carbons (Fsp3) is 0.478. The van der Waals surface area contributed by atoms with Gasteiger partial charge in [0.15, 0.2) is 11.9 Å². The Morgan fingerprint density at radius 1 is 0.736 bits per heavy atom. The van der Waals surface area contributed by atoms with Crippen molar-refractivity contribution in [3.8, 4) is 11.5 Å². The second-order valence-corrected chi connectivity index (χ2v) is 16.4. The summed E-state index contributed by atoms with van der Waals surface area (Å²) < 4.78 is 57.8. The smallest absolute Gasteiger partial charge is 0.299 e. The SMILES string of the molecule is COc1ccc(Br)c2[nH]cc(C(=O)N3CCN(C(=O)c4cccc(OCCOCCOCCOCCOCCOCC[n+]5cc(COCOCOCCNc6c([N+](=O)[O-])cccc6[N+](=O)[O-])n[nH]5)c4)CC3)c12. The molecule has 3 aromatic carbocycles. The third kappa shape index (κ3) is 16.9. The van der Waals surface area contributed by atoms with Gasteiger partial charge in [0, 0.05) is 66.2 Å². The number of H-pyrrole nitrogens is 2. The number of piperazine rings is 1. The predicted molar refractivity (Wildman–Crippen MR) is 259 cm³/mol. The number of rotatable bonds is 34. The lowest BCUT2D eigenvalue weighted by atomic mass is 10.1.